The lowest BCUT2D eigenvalue weighted by molar-refractivity contribution is 0.101. The van der Waals surface area contributed by atoms with Crippen molar-refractivity contribution in [3.8, 4) is 5.75 Å². The van der Waals surface area contributed by atoms with Crippen molar-refractivity contribution < 1.29 is 14.1 Å². The van der Waals surface area contributed by atoms with Crippen LogP contribution in [-0.2, 0) is 6.54 Å². The van der Waals surface area contributed by atoms with Crippen molar-refractivity contribution in [1.29, 1.82) is 0 Å². The number of carbonyl (C=O) groups excluding carboxylic acids is 1. The number of benzene rings is 1. The van der Waals surface area contributed by atoms with Crippen LogP contribution < -0.4 is 10.1 Å². The summed E-state index contributed by atoms with van der Waals surface area (Å²) in [7, 11) is 1.60. The SMILES string of the molecule is COc1ccc(NC(=O)c2cccn2Cc2noc(C)n2)cc1. The molecule has 0 bridgehead atoms. The predicted molar refractivity (Wildman–Crippen MR) is 83.5 cm³/mol. The van der Waals surface area contributed by atoms with E-state index in [1.54, 1.807) is 61.2 Å². The second-order valence-electron chi connectivity index (χ2n) is 4.93. The molecule has 1 amide bonds. The van der Waals surface area contributed by atoms with Gasteiger partial charge in [-0.2, -0.15) is 4.98 Å². The lowest BCUT2D eigenvalue weighted by Gasteiger charge is -2.08. The van der Waals surface area contributed by atoms with E-state index in [9.17, 15) is 4.79 Å². The molecule has 0 unspecified atom stereocenters. The van der Waals surface area contributed by atoms with Gasteiger partial charge in [-0.15, -0.1) is 0 Å². The van der Waals surface area contributed by atoms with E-state index in [-0.39, 0.29) is 5.91 Å². The van der Waals surface area contributed by atoms with Crippen molar-refractivity contribution in [2.24, 2.45) is 0 Å². The van der Waals surface area contributed by atoms with Gasteiger partial charge in [0.05, 0.1) is 13.7 Å². The number of rotatable bonds is 5. The highest BCUT2D eigenvalue weighted by atomic mass is 16.5. The van der Waals surface area contributed by atoms with Crippen LogP contribution in [0, 0.1) is 6.92 Å². The summed E-state index contributed by atoms with van der Waals surface area (Å²) >= 11 is 0. The van der Waals surface area contributed by atoms with Gasteiger partial charge in [0.25, 0.3) is 5.91 Å². The van der Waals surface area contributed by atoms with Gasteiger partial charge in [0.1, 0.15) is 11.4 Å². The fraction of sp³-hybridized carbons (Fsp3) is 0.188. The quantitative estimate of drug-likeness (QED) is 0.782. The summed E-state index contributed by atoms with van der Waals surface area (Å²) in [5.74, 6) is 1.55. The molecule has 7 heteroatoms. The summed E-state index contributed by atoms with van der Waals surface area (Å²) in [6.45, 7) is 2.10. The molecule has 0 aliphatic carbocycles. The Hall–Kier alpha value is -3.09. The second-order valence-corrected chi connectivity index (χ2v) is 4.93. The Bertz CT molecular complexity index is 805. The fourth-order valence-corrected chi connectivity index (χ4v) is 2.19. The first-order chi connectivity index (χ1) is 11.2. The normalized spacial score (nSPS) is 10.5. The molecule has 0 aliphatic heterocycles. The molecular formula is C16H16N4O3. The lowest BCUT2D eigenvalue weighted by Crippen LogP contribution is -2.17. The third kappa shape index (κ3) is 3.39. The molecule has 3 rings (SSSR count). The van der Waals surface area contributed by atoms with Gasteiger partial charge in [-0.1, -0.05) is 5.16 Å². The van der Waals surface area contributed by atoms with Crippen LogP contribution in [0.15, 0.2) is 47.1 Å². The Labute approximate surface area is 132 Å². The minimum Gasteiger partial charge on any atom is -0.497 e. The molecule has 0 spiro atoms. The number of carbonyl (C=O) groups is 1. The summed E-state index contributed by atoms with van der Waals surface area (Å²) in [6, 6.07) is 10.7. The number of hydrogen-bond acceptors (Lipinski definition) is 5. The topological polar surface area (TPSA) is 82.2 Å². The van der Waals surface area contributed by atoms with Crippen LogP contribution in [0.25, 0.3) is 0 Å². The molecule has 0 saturated heterocycles. The summed E-state index contributed by atoms with van der Waals surface area (Å²) in [5, 5.41) is 6.69. The summed E-state index contributed by atoms with van der Waals surface area (Å²) in [6.07, 6.45) is 1.80. The van der Waals surface area contributed by atoms with E-state index in [1.165, 1.54) is 0 Å². The molecule has 2 heterocycles. The van der Waals surface area contributed by atoms with E-state index < -0.39 is 0 Å². The number of anilines is 1. The lowest BCUT2D eigenvalue weighted by atomic mass is 10.3. The van der Waals surface area contributed by atoms with Gasteiger partial charge in [0, 0.05) is 18.8 Å². The number of ether oxygens (including phenoxy) is 1. The molecule has 1 N–H and O–H groups in total. The van der Waals surface area contributed by atoms with Crippen LogP contribution in [0.3, 0.4) is 0 Å². The van der Waals surface area contributed by atoms with Gasteiger partial charge in [-0.25, -0.2) is 0 Å². The number of nitrogens with zero attached hydrogens (tertiary/aromatic N) is 3. The minimum absolute atomic E-state index is 0.208. The van der Waals surface area contributed by atoms with Crippen LogP contribution in [0.5, 0.6) is 5.75 Å². The second kappa shape index (κ2) is 6.35. The first-order valence-electron chi connectivity index (χ1n) is 7.05. The van der Waals surface area contributed by atoms with Crippen molar-refractivity contribution in [2.75, 3.05) is 12.4 Å². The molecule has 1 aromatic carbocycles. The van der Waals surface area contributed by atoms with Gasteiger partial charge in [0.2, 0.25) is 5.89 Å². The highest BCUT2D eigenvalue weighted by molar-refractivity contribution is 6.03. The van der Waals surface area contributed by atoms with Crippen molar-refractivity contribution >= 4 is 11.6 Å². The van der Waals surface area contributed by atoms with E-state index in [0.29, 0.717) is 29.6 Å². The van der Waals surface area contributed by atoms with E-state index in [1.807, 2.05) is 0 Å². The first kappa shape index (κ1) is 14.8. The maximum atomic E-state index is 12.4. The number of amides is 1. The number of aryl methyl sites for hydroxylation is 1. The molecule has 118 valence electrons. The van der Waals surface area contributed by atoms with Gasteiger partial charge in [-0.05, 0) is 36.4 Å². The highest BCUT2D eigenvalue weighted by Gasteiger charge is 2.13. The zero-order valence-electron chi connectivity index (χ0n) is 12.8. The van der Waals surface area contributed by atoms with Crippen LogP contribution in [0.4, 0.5) is 5.69 Å². The Morgan fingerprint density at radius 2 is 2.09 bits per heavy atom. The van der Waals surface area contributed by atoms with Gasteiger partial charge in [-0.3, -0.25) is 4.79 Å². The third-order valence-corrected chi connectivity index (χ3v) is 3.29. The van der Waals surface area contributed by atoms with Crippen LogP contribution >= 0.6 is 0 Å². The molecular weight excluding hydrogens is 296 g/mol. The summed E-state index contributed by atoms with van der Waals surface area (Å²) in [4.78, 5) is 16.6. The van der Waals surface area contributed by atoms with E-state index in [2.05, 4.69) is 15.5 Å². The van der Waals surface area contributed by atoms with E-state index in [0.717, 1.165) is 5.75 Å². The number of nitrogens with one attached hydrogen (secondary N) is 1. The van der Waals surface area contributed by atoms with Gasteiger partial charge in [0.15, 0.2) is 5.82 Å². The van der Waals surface area contributed by atoms with Crippen LogP contribution in [0.2, 0.25) is 0 Å². The molecule has 2 aromatic heterocycles. The smallest absolute Gasteiger partial charge is 0.272 e. The average Bonchev–Trinajstić information content (AvgIpc) is 3.17. The number of hydrogen-bond donors (Lipinski definition) is 1. The molecule has 7 nitrogen and oxygen atoms in total. The molecule has 3 aromatic rings. The molecule has 0 radical (unpaired) electrons. The van der Waals surface area contributed by atoms with E-state index in [4.69, 9.17) is 9.26 Å². The maximum Gasteiger partial charge on any atom is 0.272 e. The maximum absolute atomic E-state index is 12.4. The average molecular weight is 312 g/mol. The zero-order valence-corrected chi connectivity index (χ0v) is 12.8. The predicted octanol–water partition coefficient (Wildman–Crippen LogP) is 2.49. The van der Waals surface area contributed by atoms with Gasteiger partial charge >= 0.3 is 0 Å². The first-order valence-corrected chi connectivity index (χ1v) is 7.05. The number of methoxy groups -OCH3 is 1. The number of aromatic nitrogens is 3. The van der Waals surface area contributed by atoms with Crippen molar-refractivity contribution in [1.82, 2.24) is 14.7 Å². The van der Waals surface area contributed by atoms with E-state index >= 15 is 0 Å². The molecule has 0 fully saturated rings. The Balaban J connectivity index is 1.73. The molecule has 0 saturated carbocycles. The molecule has 23 heavy (non-hydrogen) atoms. The molecule has 0 atom stereocenters. The standard InChI is InChI=1S/C16H16N4O3/c1-11-17-15(19-23-11)10-20-9-3-4-14(20)16(21)18-12-5-7-13(22-2)8-6-12/h3-9H,10H2,1-2H3,(H,18,21). The zero-order chi connectivity index (χ0) is 16.2. The van der Waals surface area contributed by atoms with Crippen molar-refractivity contribution in [2.45, 2.75) is 13.5 Å². The Morgan fingerprint density at radius 1 is 1.30 bits per heavy atom. The fourth-order valence-electron chi connectivity index (χ4n) is 2.19. The minimum atomic E-state index is -0.208. The molecule has 0 aliphatic rings. The van der Waals surface area contributed by atoms with Gasteiger partial charge < -0.3 is 19.1 Å². The Kier molecular flexibility index (Phi) is 4.09. The highest BCUT2D eigenvalue weighted by Crippen LogP contribution is 2.16. The summed E-state index contributed by atoms with van der Waals surface area (Å²) < 4.78 is 11.8. The van der Waals surface area contributed by atoms with Crippen molar-refractivity contribution in [3.63, 3.8) is 0 Å². The van der Waals surface area contributed by atoms with Crippen LogP contribution in [-0.4, -0.2) is 27.7 Å². The summed E-state index contributed by atoms with van der Waals surface area (Å²) in [5.41, 5.74) is 1.21. The Morgan fingerprint density at radius 3 is 2.74 bits per heavy atom. The largest absolute Gasteiger partial charge is 0.497 e. The monoisotopic (exact) mass is 312 g/mol. The van der Waals surface area contributed by atoms with Crippen LogP contribution in [0.1, 0.15) is 22.2 Å². The third-order valence-electron chi connectivity index (χ3n) is 3.29. The van der Waals surface area contributed by atoms with Crippen molar-refractivity contribution in [3.05, 3.63) is 60.0 Å².